The molecular formula is C16H27Cl2N3O2. The van der Waals surface area contributed by atoms with E-state index in [0.717, 1.165) is 37.3 Å². The van der Waals surface area contributed by atoms with Gasteiger partial charge >= 0.3 is 0 Å². The lowest BCUT2D eigenvalue weighted by molar-refractivity contribution is -0.122. The molecule has 2 rings (SSSR count). The van der Waals surface area contributed by atoms with Crippen molar-refractivity contribution in [3.05, 3.63) is 35.4 Å². The molecule has 1 aliphatic rings. The predicted octanol–water partition coefficient (Wildman–Crippen LogP) is 1.59. The molecule has 5 nitrogen and oxygen atoms in total. The number of nitrogens with one attached hydrogen (secondary N) is 2. The highest BCUT2D eigenvalue weighted by molar-refractivity contribution is 5.85. The highest BCUT2D eigenvalue weighted by Crippen LogP contribution is 2.10. The molecule has 1 aliphatic heterocycles. The number of carbonyl (C=O) groups excluding carboxylic acids is 1. The molecule has 0 spiro atoms. The number of nitrogens with zero attached hydrogens (tertiary/aromatic N) is 1. The third-order valence-corrected chi connectivity index (χ3v) is 3.63. The number of piperazine rings is 1. The molecule has 1 saturated heterocycles. The van der Waals surface area contributed by atoms with Crippen LogP contribution >= 0.6 is 24.8 Å². The molecule has 1 fully saturated rings. The Kier molecular flexibility index (Phi) is 12.1. The van der Waals surface area contributed by atoms with Gasteiger partial charge < -0.3 is 15.4 Å². The van der Waals surface area contributed by atoms with Crippen LogP contribution in [0.4, 0.5) is 0 Å². The molecule has 1 aromatic carbocycles. The summed E-state index contributed by atoms with van der Waals surface area (Å²) >= 11 is 0. The minimum Gasteiger partial charge on any atom is -0.377 e. The van der Waals surface area contributed by atoms with E-state index < -0.39 is 0 Å². The Hall–Kier alpha value is -0.850. The van der Waals surface area contributed by atoms with Gasteiger partial charge in [0.25, 0.3) is 0 Å². The van der Waals surface area contributed by atoms with Crippen molar-refractivity contribution in [1.82, 2.24) is 15.5 Å². The molecule has 0 atom stereocenters. The van der Waals surface area contributed by atoms with E-state index >= 15 is 0 Å². The van der Waals surface area contributed by atoms with Crippen molar-refractivity contribution >= 4 is 30.7 Å². The summed E-state index contributed by atoms with van der Waals surface area (Å²) in [5, 5.41) is 6.29. The first-order chi connectivity index (χ1) is 10.3. The molecule has 0 bridgehead atoms. The number of hydrogen-bond donors (Lipinski definition) is 2. The zero-order valence-corrected chi connectivity index (χ0v) is 15.2. The highest BCUT2D eigenvalue weighted by atomic mass is 35.5. The summed E-state index contributed by atoms with van der Waals surface area (Å²) in [5.41, 5.74) is 2.27. The quantitative estimate of drug-likeness (QED) is 0.772. The summed E-state index contributed by atoms with van der Waals surface area (Å²) in [4.78, 5) is 14.2. The van der Waals surface area contributed by atoms with Gasteiger partial charge in [-0.1, -0.05) is 24.3 Å². The molecule has 132 valence electrons. The molecule has 0 unspecified atom stereocenters. The van der Waals surface area contributed by atoms with Gasteiger partial charge in [0.1, 0.15) is 0 Å². The summed E-state index contributed by atoms with van der Waals surface area (Å²) in [6.07, 6.45) is 0. The van der Waals surface area contributed by atoms with Gasteiger partial charge in [0.05, 0.1) is 13.2 Å². The van der Waals surface area contributed by atoms with Crippen LogP contribution in [0.1, 0.15) is 18.1 Å². The van der Waals surface area contributed by atoms with E-state index in [4.69, 9.17) is 4.74 Å². The molecule has 1 aromatic rings. The third-order valence-electron chi connectivity index (χ3n) is 3.63. The summed E-state index contributed by atoms with van der Waals surface area (Å²) in [6.45, 7) is 8.13. The van der Waals surface area contributed by atoms with Crippen LogP contribution in [0.25, 0.3) is 0 Å². The van der Waals surface area contributed by atoms with E-state index in [2.05, 4.69) is 15.5 Å². The lowest BCUT2D eigenvalue weighted by Gasteiger charge is -2.26. The topological polar surface area (TPSA) is 53.6 Å². The van der Waals surface area contributed by atoms with Crippen LogP contribution in [-0.4, -0.2) is 50.1 Å². The zero-order valence-electron chi connectivity index (χ0n) is 13.5. The van der Waals surface area contributed by atoms with Crippen molar-refractivity contribution in [1.29, 1.82) is 0 Å². The summed E-state index contributed by atoms with van der Waals surface area (Å²) in [5.74, 6) is 0.0862. The van der Waals surface area contributed by atoms with Gasteiger partial charge in [0.15, 0.2) is 0 Å². The van der Waals surface area contributed by atoms with E-state index in [1.165, 1.54) is 0 Å². The van der Waals surface area contributed by atoms with Gasteiger partial charge in [-0.15, -0.1) is 24.8 Å². The number of ether oxygens (including phenoxy) is 1. The Bertz CT molecular complexity index is 455. The van der Waals surface area contributed by atoms with Crippen molar-refractivity contribution in [2.75, 3.05) is 39.3 Å². The van der Waals surface area contributed by atoms with Crippen molar-refractivity contribution in [3.8, 4) is 0 Å². The highest BCUT2D eigenvalue weighted by Gasteiger charge is 2.13. The number of carbonyl (C=O) groups is 1. The molecular weight excluding hydrogens is 337 g/mol. The molecule has 2 N–H and O–H groups in total. The molecule has 0 aromatic heterocycles. The second-order valence-corrected chi connectivity index (χ2v) is 5.21. The molecule has 7 heteroatoms. The molecule has 0 saturated carbocycles. The Balaban J connectivity index is 0.00000242. The smallest absolute Gasteiger partial charge is 0.234 e. The maximum absolute atomic E-state index is 12.0. The lowest BCUT2D eigenvalue weighted by atomic mass is 10.1. The molecule has 0 radical (unpaired) electrons. The second kappa shape index (κ2) is 12.6. The first kappa shape index (κ1) is 22.1. The van der Waals surface area contributed by atoms with E-state index in [1.54, 1.807) is 0 Å². The van der Waals surface area contributed by atoms with E-state index in [1.807, 2.05) is 31.2 Å². The van der Waals surface area contributed by atoms with Crippen LogP contribution in [0.3, 0.4) is 0 Å². The third kappa shape index (κ3) is 7.99. The normalized spacial score (nSPS) is 14.5. The van der Waals surface area contributed by atoms with Crippen molar-refractivity contribution in [2.45, 2.75) is 20.1 Å². The summed E-state index contributed by atoms with van der Waals surface area (Å²) < 4.78 is 5.46. The van der Waals surface area contributed by atoms with Crippen LogP contribution in [0.5, 0.6) is 0 Å². The lowest BCUT2D eigenvalue weighted by Crippen LogP contribution is -2.47. The first-order valence-electron chi connectivity index (χ1n) is 7.64. The Morgan fingerprint density at radius 2 is 1.87 bits per heavy atom. The van der Waals surface area contributed by atoms with E-state index in [9.17, 15) is 4.79 Å². The minimum atomic E-state index is 0. The number of benzene rings is 1. The number of hydrogen-bond acceptors (Lipinski definition) is 4. The number of halogens is 2. The SMILES string of the molecule is CCOCc1ccccc1CNC(=O)CN1CCNCC1.Cl.Cl. The van der Waals surface area contributed by atoms with Crippen LogP contribution in [-0.2, 0) is 22.7 Å². The van der Waals surface area contributed by atoms with Crippen LogP contribution in [0, 0.1) is 0 Å². The van der Waals surface area contributed by atoms with Crippen LogP contribution < -0.4 is 10.6 Å². The van der Waals surface area contributed by atoms with Gasteiger partial charge in [-0.25, -0.2) is 0 Å². The number of rotatable bonds is 7. The van der Waals surface area contributed by atoms with Crippen LogP contribution in [0.2, 0.25) is 0 Å². The zero-order chi connectivity index (χ0) is 14.9. The predicted molar refractivity (Wildman–Crippen MR) is 97.4 cm³/mol. The molecule has 1 amide bonds. The fourth-order valence-corrected chi connectivity index (χ4v) is 2.40. The van der Waals surface area contributed by atoms with Gasteiger partial charge in [0.2, 0.25) is 5.91 Å². The summed E-state index contributed by atoms with van der Waals surface area (Å²) in [6, 6.07) is 8.08. The minimum absolute atomic E-state index is 0. The maximum atomic E-state index is 12.0. The van der Waals surface area contributed by atoms with Gasteiger partial charge in [-0.05, 0) is 18.1 Å². The first-order valence-corrected chi connectivity index (χ1v) is 7.64. The Morgan fingerprint density at radius 3 is 2.52 bits per heavy atom. The van der Waals surface area contributed by atoms with Crippen LogP contribution in [0.15, 0.2) is 24.3 Å². The van der Waals surface area contributed by atoms with Crippen molar-refractivity contribution < 1.29 is 9.53 Å². The Labute approximate surface area is 151 Å². The fourth-order valence-electron chi connectivity index (χ4n) is 2.40. The van der Waals surface area contributed by atoms with Gasteiger partial charge in [-0.2, -0.15) is 0 Å². The van der Waals surface area contributed by atoms with Gasteiger partial charge in [0, 0.05) is 39.3 Å². The van der Waals surface area contributed by atoms with E-state index in [0.29, 0.717) is 26.3 Å². The van der Waals surface area contributed by atoms with Gasteiger partial charge in [-0.3, -0.25) is 9.69 Å². The average molecular weight is 364 g/mol. The van der Waals surface area contributed by atoms with E-state index in [-0.39, 0.29) is 30.7 Å². The molecule has 1 heterocycles. The standard InChI is InChI=1S/C16H25N3O2.2ClH/c1-2-21-13-15-6-4-3-5-14(15)11-18-16(20)12-19-9-7-17-8-10-19;;/h3-6,17H,2,7-13H2,1H3,(H,18,20);2*1H. The maximum Gasteiger partial charge on any atom is 0.234 e. The largest absolute Gasteiger partial charge is 0.377 e. The second-order valence-electron chi connectivity index (χ2n) is 5.21. The Morgan fingerprint density at radius 1 is 1.22 bits per heavy atom. The summed E-state index contributed by atoms with van der Waals surface area (Å²) in [7, 11) is 0. The fraction of sp³-hybridized carbons (Fsp3) is 0.562. The molecule has 23 heavy (non-hydrogen) atoms. The average Bonchev–Trinajstić information content (AvgIpc) is 2.52. The molecule has 0 aliphatic carbocycles. The van der Waals surface area contributed by atoms with Crippen molar-refractivity contribution in [3.63, 3.8) is 0 Å². The monoisotopic (exact) mass is 363 g/mol. The number of amides is 1. The van der Waals surface area contributed by atoms with Crippen molar-refractivity contribution in [2.24, 2.45) is 0 Å².